The van der Waals surface area contributed by atoms with Crippen LogP contribution in [0.2, 0.25) is 5.02 Å². The number of halogens is 1. The Bertz CT molecular complexity index is 394. The number of hydrogen-bond acceptors (Lipinski definition) is 4. The summed E-state index contributed by atoms with van der Waals surface area (Å²) in [5, 5.41) is 0.622. The van der Waals surface area contributed by atoms with Gasteiger partial charge in [0.1, 0.15) is 0 Å². The van der Waals surface area contributed by atoms with Gasteiger partial charge in [0.2, 0.25) is 0 Å². The van der Waals surface area contributed by atoms with Gasteiger partial charge in [-0.3, -0.25) is 0 Å². The number of nitrogens with two attached hydrogens (primary N) is 1. The van der Waals surface area contributed by atoms with Crippen LogP contribution >= 0.6 is 11.6 Å². The number of ether oxygens (including phenoxy) is 2. The molecule has 2 rings (SSSR count). The third-order valence-electron chi connectivity index (χ3n) is 2.61. The zero-order valence-electron chi connectivity index (χ0n) is 9.74. The first kappa shape index (κ1) is 12.5. The average molecular weight is 258 g/mol. The first-order chi connectivity index (χ1) is 8.24. The second-order valence-corrected chi connectivity index (χ2v) is 4.47. The molecule has 0 unspecified atom stereocenters. The highest BCUT2D eigenvalue weighted by Gasteiger charge is 2.26. The van der Waals surface area contributed by atoms with Crippen LogP contribution in [-0.2, 0) is 11.3 Å². The third-order valence-corrected chi connectivity index (χ3v) is 2.83. The van der Waals surface area contributed by atoms with E-state index in [1.165, 1.54) is 0 Å². The fraction of sp³-hybridized carbons (Fsp3) is 0.500. The highest BCUT2D eigenvalue weighted by Crippen LogP contribution is 2.38. The van der Waals surface area contributed by atoms with Gasteiger partial charge in [-0.15, -0.1) is 0 Å². The molecule has 0 bridgehead atoms. The SMILES string of the molecule is COc1cc(Cl)cc(CCON)c1OC1CC1. The molecule has 0 atom stereocenters. The molecule has 1 aromatic carbocycles. The summed E-state index contributed by atoms with van der Waals surface area (Å²) in [7, 11) is 1.61. The number of hydrogen-bond donors (Lipinski definition) is 1. The Balaban J connectivity index is 2.26. The molecule has 1 aromatic rings. The quantitative estimate of drug-likeness (QED) is 0.795. The second kappa shape index (κ2) is 5.58. The number of rotatable bonds is 6. The minimum Gasteiger partial charge on any atom is -0.493 e. The molecule has 0 amide bonds. The molecular weight excluding hydrogens is 242 g/mol. The van der Waals surface area contributed by atoms with Gasteiger partial charge in [-0.25, -0.2) is 5.90 Å². The van der Waals surface area contributed by atoms with Gasteiger partial charge in [-0.05, 0) is 18.9 Å². The Morgan fingerprint density at radius 2 is 2.18 bits per heavy atom. The molecule has 17 heavy (non-hydrogen) atoms. The van der Waals surface area contributed by atoms with E-state index in [1.807, 2.05) is 6.07 Å². The van der Waals surface area contributed by atoms with E-state index in [9.17, 15) is 0 Å². The highest BCUT2D eigenvalue weighted by atomic mass is 35.5. The molecule has 0 radical (unpaired) electrons. The van der Waals surface area contributed by atoms with Crippen LogP contribution in [0.15, 0.2) is 12.1 Å². The van der Waals surface area contributed by atoms with Crippen molar-refractivity contribution in [2.45, 2.75) is 25.4 Å². The lowest BCUT2D eigenvalue weighted by atomic mass is 10.1. The van der Waals surface area contributed by atoms with Crippen molar-refractivity contribution >= 4 is 11.6 Å². The predicted octanol–water partition coefficient (Wildman–Crippen LogP) is 2.32. The zero-order valence-corrected chi connectivity index (χ0v) is 10.5. The smallest absolute Gasteiger partial charge is 0.164 e. The summed E-state index contributed by atoms with van der Waals surface area (Å²) in [6.45, 7) is 0.421. The summed E-state index contributed by atoms with van der Waals surface area (Å²) < 4.78 is 11.1. The maximum absolute atomic E-state index is 6.02. The summed E-state index contributed by atoms with van der Waals surface area (Å²) in [5.41, 5.74) is 0.965. The van der Waals surface area contributed by atoms with Crippen LogP contribution in [0.4, 0.5) is 0 Å². The standard InChI is InChI=1S/C12H16ClNO3/c1-15-11-7-9(13)6-8(4-5-16-14)12(11)17-10-2-3-10/h6-7,10H,2-5,14H2,1H3. The van der Waals surface area contributed by atoms with E-state index in [2.05, 4.69) is 4.84 Å². The summed E-state index contributed by atoms with van der Waals surface area (Å²) in [5.74, 6) is 6.47. The van der Waals surface area contributed by atoms with Gasteiger partial charge in [0.05, 0.1) is 19.8 Å². The van der Waals surface area contributed by atoms with E-state index < -0.39 is 0 Å². The Morgan fingerprint density at radius 1 is 1.41 bits per heavy atom. The van der Waals surface area contributed by atoms with Crippen LogP contribution < -0.4 is 15.4 Å². The maximum Gasteiger partial charge on any atom is 0.164 e. The van der Waals surface area contributed by atoms with Crippen molar-refractivity contribution in [2.24, 2.45) is 5.90 Å². The lowest BCUT2D eigenvalue weighted by Crippen LogP contribution is -2.07. The highest BCUT2D eigenvalue weighted by molar-refractivity contribution is 6.30. The van der Waals surface area contributed by atoms with Gasteiger partial charge in [0, 0.05) is 23.1 Å². The van der Waals surface area contributed by atoms with Crippen molar-refractivity contribution in [2.75, 3.05) is 13.7 Å². The average Bonchev–Trinajstić information content (AvgIpc) is 3.12. The van der Waals surface area contributed by atoms with Crippen LogP contribution in [0.1, 0.15) is 18.4 Å². The predicted molar refractivity (Wildman–Crippen MR) is 65.5 cm³/mol. The monoisotopic (exact) mass is 257 g/mol. The molecule has 0 aromatic heterocycles. The third kappa shape index (κ3) is 3.25. The van der Waals surface area contributed by atoms with Crippen molar-refractivity contribution in [3.63, 3.8) is 0 Å². The van der Waals surface area contributed by atoms with Crippen LogP contribution in [0.25, 0.3) is 0 Å². The minimum absolute atomic E-state index is 0.308. The first-order valence-corrected chi connectivity index (χ1v) is 5.97. The van der Waals surface area contributed by atoms with Crippen molar-refractivity contribution in [3.05, 3.63) is 22.7 Å². The van der Waals surface area contributed by atoms with Gasteiger partial charge in [0.15, 0.2) is 11.5 Å². The topological polar surface area (TPSA) is 53.7 Å². The summed E-state index contributed by atoms with van der Waals surface area (Å²) in [6.07, 6.45) is 3.15. The normalized spacial score (nSPS) is 14.8. The molecule has 5 heteroatoms. The molecule has 0 saturated heterocycles. The van der Waals surface area contributed by atoms with E-state index in [0.717, 1.165) is 24.2 Å². The molecule has 1 aliphatic rings. The summed E-state index contributed by atoms with van der Waals surface area (Å²) >= 11 is 6.02. The lowest BCUT2D eigenvalue weighted by molar-refractivity contribution is 0.140. The van der Waals surface area contributed by atoms with E-state index in [-0.39, 0.29) is 0 Å². The van der Waals surface area contributed by atoms with Crippen LogP contribution in [-0.4, -0.2) is 19.8 Å². The minimum atomic E-state index is 0.308. The van der Waals surface area contributed by atoms with Crippen molar-refractivity contribution in [1.29, 1.82) is 0 Å². The second-order valence-electron chi connectivity index (χ2n) is 4.03. The lowest BCUT2D eigenvalue weighted by Gasteiger charge is -2.15. The molecule has 1 fully saturated rings. The van der Waals surface area contributed by atoms with E-state index >= 15 is 0 Å². The summed E-state index contributed by atoms with van der Waals surface area (Å²) in [6, 6.07) is 3.62. The first-order valence-electron chi connectivity index (χ1n) is 5.59. The van der Waals surface area contributed by atoms with Crippen molar-refractivity contribution < 1.29 is 14.3 Å². The fourth-order valence-corrected chi connectivity index (χ4v) is 1.85. The Morgan fingerprint density at radius 3 is 2.76 bits per heavy atom. The maximum atomic E-state index is 6.02. The van der Waals surface area contributed by atoms with Gasteiger partial charge >= 0.3 is 0 Å². The molecule has 1 saturated carbocycles. The van der Waals surface area contributed by atoms with Crippen molar-refractivity contribution in [3.8, 4) is 11.5 Å². The fourth-order valence-electron chi connectivity index (χ4n) is 1.62. The number of benzene rings is 1. The molecular formula is C12H16ClNO3. The van der Waals surface area contributed by atoms with E-state index in [0.29, 0.717) is 29.9 Å². The summed E-state index contributed by atoms with van der Waals surface area (Å²) in [4.78, 5) is 4.60. The molecule has 0 heterocycles. The molecule has 0 aliphatic heterocycles. The van der Waals surface area contributed by atoms with Crippen LogP contribution in [0.5, 0.6) is 11.5 Å². The zero-order chi connectivity index (χ0) is 12.3. The molecule has 94 valence electrons. The Labute approximate surface area is 106 Å². The molecule has 1 aliphatic carbocycles. The molecule has 0 spiro atoms. The van der Waals surface area contributed by atoms with Gasteiger partial charge in [-0.1, -0.05) is 11.6 Å². The number of methoxy groups -OCH3 is 1. The Kier molecular flexibility index (Phi) is 4.10. The molecule has 4 nitrogen and oxygen atoms in total. The van der Waals surface area contributed by atoms with Gasteiger partial charge in [-0.2, -0.15) is 0 Å². The Hall–Kier alpha value is -0.970. The van der Waals surface area contributed by atoms with Crippen LogP contribution in [0.3, 0.4) is 0 Å². The van der Waals surface area contributed by atoms with E-state index in [1.54, 1.807) is 13.2 Å². The van der Waals surface area contributed by atoms with Gasteiger partial charge < -0.3 is 14.3 Å². The molecule has 2 N–H and O–H groups in total. The largest absolute Gasteiger partial charge is 0.493 e. The van der Waals surface area contributed by atoms with Crippen LogP contribution in [0, 0.1) is 0 Å². The van der Waals surface area contributed by atoms with Crippen molar-refractivity contribution in [1.82, 2.24) is 0 Å². The van der Waals surface area contributed by atoms with Gasteiger partial charge in [0.25, 0.3) is 0 Å². The van der Waals surface area contributed by atoms with E-state index in [4.69, 9.17) is 27.0 Å².